The molecule has 7 nitrogen and oxygen atoms in total. The van der Waals surface area contributed by atoms with E-state index in [2.05, 4.69) is 27.3 Å². The maximum absolute atomic E-state index is 13.8. The fourth-order valence-electron chi connectivity index (χ4n) is 3.12. The van der Waals surface area contributed by atoms with Gasteiger partial charge in [-0.05, 0) is 31.5 Å². The molecule has 1 aliphatic heterocycles. The molecule has 0 saturated carbocycles. The Morgan fingerprint density at radius 2 is 2.14 bits per heavy atom. The van der Waals surface area contributed by atoms with E-state index < -0.39 is 0 Å². The van der Waals surface area contributed by atoms with Crippen molar-refractivity contribution in [3.05, 3.63) is 30.1 Å². The summed E-state index contributed by atoms with van der Waals surface area (Å²) in [5, 5.41) is 12.1. The zero-order valence-electron chi connectivity index (χ0n) is 16.2. The molecule has 2 aromatic rings. The Kier molecular flexibility index (Phi) is 7.27. The fourth-order valence-corrected chi connectivity index (χ4v) is 3.88. The monoisotopic (exact) mass is 407 g/mol. The zero-order valence-corrected chi connectivity index (χ0v) is 17.0. The van der Waals surface area contributed by atoms with Gasteiger partial charge >= 0.3 is 0 Å². The molecule has 2 heterocycles. The number of nitrogens with one attached hydrogen (secondary N) is 1. The maximum Gasteiger partial charge on any atom is 0.232 e. The standard InChI is InChI=1S/C19H26FN5O2S/c1-3-5-14(2)21-17(26)13-28-19-23-22-18(24-8-10-27-11-9-24)25(19)16-7-4-6-15(20)12-16/h4,6-7,12,14H,3,5,8-11,13H2,1-2H3,(H,21,26)/t14-/m0/s1. The van der Waals surface area contributed by atoms with E-state index in [9.17, 15) is 9.18 Å². The Balaban J connectivity index is 1.80. The molecule has 1 amide bonds. The number of nitrogens with zero attached hydrogens (tertiary/aromatic N) is 4. The van der Waals surface area contributed by atoms with Gasteiger partial charge in [-0.15, -0.1) is 10.2 Å². The first-order chi connectivity index (χ1) is 13.6. The molecule has 1 atom stereocenters. The normalized spacial score (nSPS) is 15.5. The van der Waals surface area contributed by atoms with E-state index in [1.807, 2.05) is 17.6 Å². The van der Waals surface area contributed by atoms with E-state index in [0.29, 0.717) is 43.1 Å². The zero-order chi connectivity index (χ0) is 19.9. The first-order valence-electron chi connectivity index (χ1n) is 9.54. The molecule has 0 radical (unpaired) electrons. The van der Waals surface area contributed by atoms with Gasteiger partial charge in [0.05, 0.1) is 24.7 Å². The Bertz CT molecular complexity index is 794. The molecule has 1 aromatic carbocycles. The van der Waals surface area contributed by atoms with Gasteiger partial charge in [-0.2, -0.15) is 0 Å². The first kappa shape index (κ1) is 20.6. The molecule has 0 spiro atoms. The lowest BCUT2D eigenvalue weighted by atomic mass is 10.2. The highest BCUT2D eigenvalue weighted by Gasteiger charge is 2.22. The average molecular weight is 408 g/mol. The van der Waals surface area contributed by atoms with Crippen molar-refractivity contribution in [1.29, 1.82) is 0 Å². The summed E-state index contributed by atoms with van der Waals surface area (Å²) in [4.78, 5) is 14.3. The highest BCUT2D eigenvalue weighted by atomic mass is 32.2. The first-order valence-corrected chi connectivity index (χ1v) is 10.5. The van der Waals surface area contributed by atoms with Crippen LogP contribution in [0.5, 0.6) is 0 Å². The van der Waals surface area contributed by atoms with Crippen LogP contribution in [0, 0.1) is 5.82 Å². The molecule has 1 N–H and O–H groups in total. The van der Waals surface area contributed by atoms with Gasteiger partial charge in [-0.25, -0.2) is 4.39 Å². The van der Waals surface area contributed by atoms with Gasteiger partial charge < -0.3 is 15.0 Å². The number of morpholine rings is 1. The second-order valence-corrected chi connectivity index (χ2v) is 7.69. The lowest BCUT2D eigenvalue weighted by molar-refractivity contribution is -0.119. The summed E-state index contributed by atoms with van der Waals surface area (Å²) in [6, 6.07) is 6.45. The number of anilines is 1. The summed E-state index contributed by atoms with van der Waals surface area (Å²) in [5.74, 6) is 0.481. The van der Waals surface area contributed by atoms with E-state index in [4.69, 9.17) is 4.74 Å². The Morgan fingerprint density at radius 3 is 2.86 bits per heavy atom. The third kappa shape index (κ3) is 5.23. The smallest absolute Gasteiger partial charge is 0.232 e. The molecule has 1 aromatic heterocycles. The molecule has 0 bridgehead atoms. The Morgan fingerprint density at radius 1 is 1.36 bits per heavy atom. The molecule has 0 unspecified atom stereocenters. The number of hydrogen-bond donors (Lipinski definition) is 1. The lowest BCUT2D eigenvalue weighted by Crippen LogP contribution is -2.38. The van der Waals surface area contributed by atoms with E-state index in [0.717, 1.165) is 12.8 Å². The number of hydrogen-bond acceptors (Lipinski definition) is 6. The highest BCUT2D eigenvalue weighted by molar-refractivity contribution is 7.99. The van der Waals surface area contributed by atoms with Crippen LogP contribution < -0.4 is 10.2 Å². The second-order valence-electron chi connectivity index (χ2n) is 6.74. The van der Waals surface area contributed by atoms with Crippen LogP contribution in [0.25, 0.3) is 5.69 Å². The van der Waals surface area contributed by atoms with Crippen molar-refractivity contribution in [3.63, 3.8) is 0 Å². The van der Waals surface area contributed by atoms with Crippen LogP contribution >= 0.6 is 11.8 Å². The van der Waals surface area contributed by atoms with Crippen LogP contribution in [0.2, 0.25) is 0 Å². The number of halogens is 1. The maximum atomic E-state index is 13.8. The van der Waals surface area contributed by atoms with Crippen LogP contribution in [-0.2, 0) is 9.53 Å². The second kappa shape index (κ2) is 9.88. The van der Waals surface area contributed by atoms with Gasteiger partial charge in [0.1, 0.15) is 5.82 Å². The minimum Gasteiger partial charge on any atom is -0.378 e. The van der Waals surface area contributed by atoms with E-state index >= 15 is 0 Å². The molecule has 152 valence electrons. The van der Waals surface area contributed by atoms with Gasteiger partial charge in [0.15, 0.2) is 5.16 Å². The third-order valence-electron chi connectivity index (χ3n) is 4.44. The number of benzene rings is 1. The Hall–Kier alpha value is -2.13. The number of carbonyl (C=O) groups is 1. The van der Waals surface area contributed by atoms with Gasteiger partial charge in [0, 0.05) is 19.1 Å². The number of carbonyl (C=O) groups excluding carboxylic acids is 1. The number of thioether (sulfide) groups is 1. The molecule has 9 heteroatoms. The van der Waals surface area contributed by atoms with Gasteiger partial charge in [0.2, 0.25) is 11.9 Å². The lowest BCUT2D eigenvalue weighted by Gasteiger charge is -2.27. The third-order valence-corrected chi connectivity index (χ3v) is 5.37. The number of ether oxygens (including phenoxy) is 1. The summed E-state index contributed by atoms with van der Waals surface area (Å²) in [6.45, 7) is 6.68. The molecule has 1 aliphatic rings. The van der Waals surface area contributed by atoms with Crippen LogP contribution in [-0.4, -0.2) is 58.8 Å². The number of rotatable bonds is 8. The predicted molar refractivity (Wildman–Crippen MR) is 108 cm³/mol. The molecular weight excluding hydrogens is 381 g/mol. The topological polar surface area (TPSA) is 72.3 Å². The van der Waals surface area contributed by atoms with Crippen molar-refractivity contribution in [2.24, 2.45) is 0 Å². The minimum atomic E-state index is -0.332. The van der Waals surface area contributed by atoms with Crippen LogP contribution in [0.1, 0.15) is 26.7 Å². The summed E-state index contributed by atoms with van der Waals surface area (Å²) >= 11 is 1.30. The Labute approximate surface area is 168 Å². The predicted octanol–water partition coefficient (Wildman–Crippen LogP) is 2.64. The van der Waals surface area contributed by atoms with Crippen molar-refractivity contribution in [1.82, 2.24) is 20.1 Å². The largest absolute Gasteiger partial charge is 0.378 e. The average Bonchev–Trinajstić information content (AvgIpc) is 3.11. The van der Waals surface area contributed by atoms with Gasteiger partial charge in [-0.3, -0.25) is 9.36 Å². The minimum absolute atomic E-state index is 0.0485. The highest BCUT2D eigenvalue weighted by Crippen LogP contribution is 2.27. The summed E-state index contributed by atoms with van der Waals surface area (Å²) in [7, 11) is 0. The molecule has 1 saturated heterocycles. The van der Waals surface area contributed by atoms with E-state index in [1.165, 1.54) is 23.9 Å². The molecule has 28 heavy (non-hydrogen) atoms. The molecule has 3 rings (SSSR count). The molecular formula is C19H26FN5O2S. The van der Waals surface area contributed by atoms with E-state index in [-0.39, 0.29) is 23.5 Å². The van der Waals surface area contributed by atoms with Crippen molar-refractivity contribution in [2.45, 2.75) is 37.9 Å². The van der Waals surface area contributed by atoms with Crippen LogP contribution in [0.15, 0.2) is 29.4 Å². The molecule has 0 aliphatic carbocycles. The van der Waals surface area contributed by atoms with Crippen LogP contribution in [0.4, 0.5) is 10.3 Å². The summed E-state index contributed by atoms with van der Waals surface area (Å²) in [5.41, 5.74) is 0.633. The number of aromatic nitrogens is 3. The van der Waals surface area contributed by atoms with Crippen LogP contribution in [0.3, 0.4) is 0 Å². The molecule has 1 fully saturated rings. The SMILES string of the molecule is CCC[C@H](C)NC(=O)CSc1nnc(N2CCOCC2)n1-c1cccc(F)c1. The number of amides is 1. The van der Waals surface area contributed by atoms with Crippen molar-refractivity contribution in [3.8, 4) is 5.69 Å². The van der Waals surface area contributed by atoms with Crippen molar-refractivity contribution >= 4 is 23.6 Å². The van der Waals surface area contributed by atoms with Gasteiger partial charge in [0.25, 0.3) is 0 Å². The fraction of sp³-hybridized carbons (Fsp3) is 0.526. The summed E-state index contributed by atoms with van der Waals surface area (Å²) in [6.07, 6.45) is 1.96. The van der Waals surface area contributed by atoms with Crippen molar-refractivity contribution in [2.75, 3.05) is 37.0 Å². The summed E-state index contributed by atoms with van der Waals surface area (Å²) < 4.78 is 21.1. The van der Waals surface area contributed by atoms with Gasteiger partial charge in [-0.1, -0.05) is 31.2 Å². The quantitative estimate of drug-likeness (QED) is 0.679. The van der Waals surface area contributed by atoms with E-state index in [1.54, 1.807) is 6.07 Å². The van der Waals surface area contributed by atoms with Crippen molar-refractivity contribution < 1.29 is 13.9 Å².